The number of benzene rings is 1. The second-order valence-corrected chi connectivity index (χ2v) is 5.16. The third-order valence-electron chi connectivity index (χ3n) is 3.52. The molecular weight excluding hydrogens is 328 g/mol. The van der Waals surface area contributed by atoms with Gasteiger partial charge in [0.25, 0.3) is 23.6 Å². The molecule has 0 spiro atoms. The third-order valence-corrected chi connectivity index (χ3v) is 3.52. The van der Waals surface area contributed by atoms with Gasteiger partial charge >= 0.3 is 0 Å². The summed E-state index contributed by atoms with van der Waals surface area (Å²) in [4.78, 5) is 48.6. The van der Waals surface area contributed by atoms with E-state index in [1.54, 1.807) is 0 Å². The molecule has 0 aliphatic carbocycles. The molecule has 25 heavy (non-hydrogen) atoms. The fourth-order valence-electron chi connectivity index (χ4n) is 2.32. The Morgan fingerprint density at radius 3 is 2.08 bits per heavy atom. The fourth-order valence-corrected chi connectivity index (χ4v) is 2.32. The lowest BCUT2D eigenvalue weighted by Gasteiger charge is -2.14. The quantitative estimate of drug-likeness (QED) is 0.493. The average Bonchev–Trinajstić information content (AvgIpc) is 2.87. The minimum atomic E-state index is -0.592. The van der Waals surface area contributed by atoms with Gasteiger partial charge < -0.3 is 21.1 Å². The minimum Gasteiger partial charge on any atom is -0.395 e. The van der Waals surface area contributed by atoms with Crippen LogP contribution in [0.5, 0.6) is 0 Å². The largest absolute Gasteiger partial charge is 0.395 e. The van der Waals surface area contributed by atoms with Crippen molar-refractivity contribution >= 4 is 29.3 Å². The number of hydrogen-bond acceptors (Lipinski definition) is 6. The SMILES string of the molecule is CNC(=O)c1cc(NC2=CC(=O)N(CCO)C2=O)cc(C(=O)NC)c1. The van der Waals surface area contributed by atoms with Crippen LogP contribution in [0.4, 0.5) is 5.69 Å². The van der Waals surface area contributed by atoms with E-state index < -0.39 is 23.6 Å². The van der Waals surface area contributed by atoms with Crippen LogP contribution in [0, 0.1) is 0 Å². The number of amides is 4. The Morgan fingerprint density at radius 2 is 1.60 bits per heavy atom. The highest BCUT2D eigenvalue weighted by Gasteiger charge is 2.30. The van der Waals surface area contributed by atoms with E-state index in [0.29, 0.717) is 5.69 Å². The molecule has 0 aromatic heterocycles. The second-order valence-electron chi connectivity index (χ2n) is 5.16. The summed E-state index contributed by atoms with van der Waals surface area (Å²) in [5, 5.41) is 16.6. The van der Waals surface area contributed by atoms with E-state index in [0.717, 1.165) is 11.0 Å². The molecule has 1 aromatic carbocycles. The number of aliphatic hydroxyl groups excluding tert-OH is 1. The molecule has 2 rings (SSSR count). The monoisotopic (exact) mass is 346 g/mol. The molecule has 9 nitrogen and oxygen atoms in total. The van der Waals surface area contributed by atoms with Crippen LogP contribution in [0.3, 0.4) is 0 Å². The van der Waals surface area contributed by atoms with Gasteiger partial charge in [-0.15, -0.1) is 0 Å². The van der Waals surface area contributed by atoms with E-state index in [9.17, 15) is 19.2 Å². The highest BCUT2D eigenvalue weighted by molar-refractivity contribution is 6.17. The topological polar surface area (TPSA) is 128 Å². The van der Waals surface area contributed by atoms with Gasteiger partial charge in [-0.3, -0.25) is 24.1 Å². The first-order valence-corrected chi connectivity index (χ1v) is 7.46. The summed E-state index contributed by atoms with van der Waals surface area (Å²) in [7, 11) is 2.91. The summed E-state index contributed by atoms with van der Waals surface area (Å²) in [6, 6.07) is 4.33. The Hall–Kier alpha value is -3.20. The minimum absolute atomic E-state index is 0.00429. The van der Waals surface area contributed by atoms with Crippen LogP contribution in [0.2, 0.25) is 0 Å². The predicted molar refractivity (Wildman–Crippen MR) is 88.7 cm³/mol. The van der Waals surface area contributed by atoms with E-state index in [1.165, 1.54) is 32.3 Å². The van der Waals surface area contributed by atoms with Crippen molar-refractivity contribution in [3.8, 4) is 0 Å². The highest BCUT2D eigenvalue weighted by Crippen LogP contribution is 2.20. The zero-order chi connectivity index (χ0) is 18.6. The fraction of sp³-hybridized carbons (Fsp3) is 0.250. The molecule has 1 aliphatic heterocycles. The van der Waals surface area contributed by atoms with E-state index >= 15 is 0 Å². The maximum absolute atomic E-state index is 12.2. The van der Waals surface area contributed by atoms with Crippen molar-refractivity contribution in [1.29, 1.82) is 0 Å². The molecule has 9 heteroatoms. The summed E-state index contributed by atoms with van der Waals surface area (Å²) >= 11 is 0. The first-order valence-electron chi connectivity index (χ1n) is 7.46. The Bertz CT molecular complexity index is 738. The normalized spacial score (nSPS) is 13.6. The third kappa shape index (κ3) is 3.83. The van der Waals surface area contributed by atoms with Gasteiger partial charge in [0, 0.05) is 37.0 Å². The molecule has 1 aliphatic rings. The Balaban J connectivity index is 2.34. The summed E-state index contributed by atoms with van der Waals surface area (Å²) in [5.41, 5.74) is 0.736. The maximum Gasteiger partial charge on any atom is 0.277 e. The summed E-state index contributed by atoms with van der Waals surface area (Å²) < 4.78 is 0. The smallest absolute Gasteiger partial charge is 0.277 e. The number of nitrogens with one attached hydrogen (secondary N) is 3. The zero-order valence-corrected chi connectivity index (χ0v) is 13.8. The highest BCUT2D eigenvalue weighted by atomic mass is 16.3. The lowest BCUT2D eigenvalue weighted by Crippen LogP contribution is -2.34. The molecule has 0 radical (unpaired) electrons. The molecule has 0 saturated carbocycles. The first kappa shape index (κ1) is 18.1. The van der Waals surface area contributed by atoms with Crippen LogP contribution in [0.25, 0.3) is 0 Å². The number of nitrogens with zero attached hydrogens (tertiary/aromatic N) is 1. The van der Waals surface area contributed by atoms with Crippen molar-refractivity contribution in [2.75, 3.05) is 32.6 Å². The number of anilines is 1. The van der Waals surface area contributed by atoms with Crippen LogP contribution in [-0.4, -0.2) is 60.9 Å². The molecule has 1 aromatic rings. The van der Waals surface area contributed by atoms with Gasteiger partial charge in [-0.25, -0.2) is 0 Å². The first-order chi connectivity index (χ1) is 11.9. The predicted octanol–water partition coefficient (Wildman–Crippen LogP) is -0.937. The average molecular weight is 346 g/mol. The van der Waals surface area contributed by atoms with Crippen LogP contribution in [-0.2, 0) is 9.59 Å². The van der Waals surface area contributed by atoms with E-state index in [2.05, 4.69) is 16.0 Å². The summed E-state index contributed by atoms with van der Waals surface area (Å²) in [6.07, 6.45) is 1.10. The van der Waals surface area contributed by atoms with E-state index in [-0.39, 0.29) is 30.0 Å². The molecule has 1 heterocycles. The van der Waals surface area contributed by atoms with Gasteiger partial charge in [0.05, 0.1) is 13.2 Å². The molecule has 0 fully saturated rings. The molecule has 4 amide bonds. The van der Waals surface area contributed by atoms with Crippen LogP contribution >= 0.6 is 0 Å². The Labute approximate surface area is 143 Å². The number of rotatable bonds is 6. The molecule has 0 atom stereocenters. The van der Waals surface area contributed by atoms with Crippen LogP contribution in [0.1, 0.15) is 20.7 Å². The molecule has 0 saturated heterocycles. The number of imide groups is 1. The number of β-amino-alcohol motifs (C(OH)–C–C–N with tert-alkyl or cyclic N) is 1. The van der Waals surface area contributed by atoms with Gasteiger partial charge in [-0.05, 0) is 18.2 Å². The molecule has 0 unspecified atom stereocenters. The van der Waals surface area contributed by atoms with Crippen molar-refractivity contribution in [2.45, 2.75) is 0 Å². The van der Waals surface area contributed by atoms with Crippen molar-refractivity contribution < 1.29 is 24.3 Å². The number of carbonyl (C=O) groups excluding carboxylic acids is 4. The van der Waals surface area contributed by atoms with Gasteiger partial charge in [-0.1, -0.05) is 0 Å². The standard InChI is InChI=1S/C16H18N4O5/c1-17-14(23)9-5-10(15(24)18-2)7-11(6-9)19-12-8-13(22)20(3-4-21)16(12)25/h5-8,19,21H,3-4H2,1-2H3,(H,17,23)(H,18,24). The van der Waals surface area contributed by atoms with Crippen molar-refractivity contribution in [3.05, 3.63) is 41.1 Å². The van der Waals surface area contributed by atoms with Gasteiger partial charge in [0.2, 0.25) is 0 Å². The van der Waals surface area contributed by atoms with Gasteiger partial charge in [0.15, 0.2) is 0 Å². The number of carbonyl (C=O) groups is 4. The number of hydrogen-bond donors (Lipinski definition) is 4. The van der Waals surface area contributed by atoms with E-state index in [4.69, 9.17) is 5.11 Å². The van der Waals surface area contributed by atoms with Crippen LogP contribution in [0.15, 0.2) is 30.0 Å². The summed E-state index contributed by atoms with van der Waals surface area (Å²) in [6.45, 7) is -0.452. The molecule has 132 valence electrons. The summed E-state index contributed by atoms with van der Waals surface area (Å²) in [5.74, 6) is -1.95. The van der Waals surface area contributed by atoms with Crippen LogP contribution < -0.4 is 16.0 Å². The van der Waals surface area contributed by atoms with E-state index in [1.807, 2.05) is 0 Å². The Morgan fingerprint density at radius 1 is 1.04 bits per heavy atom. The maximum atomic E-state index is 12.2. The molecule has 4 N–H and O–H groups in total. The Kier molecular flexibility index (Phi) is 5.50. The van der Waals surface area contributed by atoms with Crippen molar-refractivity contribution in [2.24, 2.45) is 0 Å². The lowest BCUT2D eigenvalue weighted by atomic mass is 10.1. The molecular formula is C16H18N4O5. The van der Waals surface area contributed by atoms with Gasteiger partial charge in [0.1, 0.15) is 5.70 Å². The molecule has 0 bridgehead atoms. The second kappa shape index (κ2) is 7.58. The number of aliphatic hydroxyl groups is 1. The van der Waals surface area contributed by atoms with Crippen molar-refractivity contribution in [1.82, 2.24) is 15.5 Å². The lowest BCUT2D eigenvalue weighted by molar-refractivity contribution is -0.137. The van der Waals surface area contributed by atoms with Gasteiger partial charge in [-0.2, -0.15) is 0 Å². The zero-order valence-electron chi connectivity index (χ0n) is 13.8. The van der Waals surface area contributed by atoms with Crippen molar-refractivity contribution in [3.63, 3.8) is 0 Å².